The molecule has 0 unspecified atom stereocenters. The van der Waals surface area contributed by atoms with E-state index in [9.17, 15) is 0 Å². The third-order valence-electron chi connectivity index (χ3n) is 2.27. The van der Waals surface area contributed by atoms with Crippen LogP contribution in [-0.4, -0.2) is 29.0 Å². The molecule has 2 heterocycles. The Balaban J connectivity index is 1.80. The molecule has 78 valence electrons. The lowest BCUT2D eigenvalue weighted by molar-refractivity contribution is -0.335. The third kappa shape index (κ3) is 2.31. The average molecular weight is 197 g/mol. The fraction of sp³-hybridized carbons (Fsp3) is 0.667. The van der Waals surface area contributed by atoms with E-state index in [1.807, 2.05) is 16.9 Å². The van der Waals surface area contributed by atoms with Crippen LogP contribution in [0.2, 0.25) is 0 Å². The van der Waals surface area contributed by atoms with Gasteiger partial charge in [0.15, 0.2) is 6.79 Å². The molecular formula is C9H15N3O2. The molecule has 1 aromatic rings. The first kappa shape index (κ1) is 9.64. The highest BCUT2D eigenvalue weighted by Gasteiger charge is 2.21. The molecule has 1 atom stereocenters. The molecule has 0 amide bonds. The van der Waals surface area contributed by atoms with Gasteiger partial charge < -0.3 is 9.47 Å². The molecule has 0 spiro atoms. The molecule has 1 N–H and O–H groups in total. The van der Waals surface area contributed by atoms with Crippen LogP contribution in [0.5, 0.6) is 0 Å². The van der Waals surface area contributed by atoms with Gasteiger partial charge in [0.2, 0.25) is 6.41 Å². The fourth-order valence-corrected chi connectivity index (χ4v) is 1.36. The zero-order chi connectivity index (χ0) is 9.80. The lowest BCUT2D eigenvalue weighted by Gasteiger charge is -2.31. The second-order valence-electron chi connectivity index (χ2n) is 3.28. The van der Waals surface area contributed by atoms with Crippen LogP contribution in [0.4, 0.5) is 0 Å². The van der Waals surface area contributed by atoms with Gasteiger partial charge in [-0.1, -0.05) is 6.92 Å². The summed E-state index contributed by atoms with van der Waals surface area (Å²) in [7, 11) is 0. The monoisotopic (exact) mass is 197 g/mol. The van der Waals surface area contributed by atoms with E-state index in [0.717, 1.165) is 13.0 Å². The lowest BCUT2D eigenvalue weighted by atomic mass is 10.2. The van der Waals surface area contributed by atoms with E-state index in [-0.39, 0.29) is 6.41 Å². The fourth-order valence-electron chi connectivity index (χ4n) is 1.36. The summed E-state index contributed by atoms with van der Waals surface area (Å²) in [5.41, 5.74) is 0. The van der Waals surface area contributed by atoms with E-state index in [2.05, 4.69) is 17.3 Å². The van der Waals surface area contributed by atoms with Gasteiger partial charge in [-0.3, -0.25) is 10.00 Å². The summed E-state index contributed by atoms with van der Waals surface area (Å²) in [5, 5.41) is 7.39. The molecule has 1 saturated heterocycles. The molecule has 2 rings (SSSR count). The Morgan fingerprint density at radius 1 is 1.64 bits per heavy atom. The lowest BCUT2D eigenvalue weighted by Crippen LogP contribution is -2.49. The number of nitrogens with zero attached hydrogens (tertiary/aromatic N) is 2. The minimum Gasteiger partial charge on any atom is -0.313 e. The van der Waals surface area contributed by atoms with E-state index in [1.54, 1.807) is 6.20 Å². The SMILES string of the molecule is CC[C@H](Cn1cccn1)NC1OCO1. The second-order valence-corrected chi connectivity index (χ2v) is 3.28. The van der Waals surface area contributed by atoms with Crippen molar-refractivity contribution in [2.45, 2.75) is 32.3 Å². The molecule has 1 aliphatic heterocycles. The van der Waals surface area contributed by atoms with Crippen molar-refractivity contribution < 1.29 is 9.47 Å². The molecule has 0 aliphatic carbocycles. The Bertz CT molecular complexity index is 259. The minimum absolute atomic E-state index is 0.226. The smallest absolute Gasteiger partial charge is 0.220 e. The third-order valence-corrected chi connectivity index (χ3v) is 2.27. The molecule has 0 bridgehead atoms. The minimum atomic E-state index is -0.226. The van der Waals surface area contributed by atoms with Gasteiger partial charge in [-0.15, -0.1) is 0 Å². The van der Waals surface area contributed by atoms with Crippen LogP contribution in [-0.2, 0) is 16.0 Å². The highest BCUT2D eigenvalue weighted by atomic mass is 16.9. The van der Waals surface area contributed by atoms with Gasteiger partial charge >= 0.3 is 0 Å². The number of hydrogen-bond donors (Lipinski definition) is 1. The predicted octanol–water partition coefficient (Wildman–Crippen LogP) is 0.539. The van der Waals surface area contributed by atoms with Crippen LogP contribution < -0.4 is 5.32 Å². The molecule has 1 fully saturated rings. The van der Waals surface area contributed by atoms with Gasteiger partial charge in [0.05, 0.1) is 6.54 Å². The molecule has 5 nitrogen and oxygen atoms in total. The molecule has 1 aromatic heterocycles. The number of hydrogen-bond acceptors (Lipinski definition) is 4. The molecule has 1 aliphatic rings. The second kappa shape index (κ2) is 4.54. The van der Waals surface area contributed by atoms with Gasteiger partial charge in [0.25, 0.3) is 0 Å². The molecule has 0 saturated carbocycles. The summed E-state index contributed by atoms with van der Waals surface area (Å²) in [6, 6.07) is 2.25. The number of nitrogens with one attached hydrogen (secondary N) is 1. The summed E-state index contributed by atoms with van der Waals surface area (Å²) >= 11 is 0. The van der Waals surface area contributed by atoms with Gasteiger partial charge in [0, 0.05) is 18.4 Å². The summed E-state index contributed by atoms with van der Waals surface area (Å²) in [6.07, 6.45) is 4.52. The van der Waals surface area contributed by atoms with Gasteiger partial charge in [-0.25, -0.2) is 0 Å². The summed E-state index contributed by atoms with van der Waals surface area (Å²) < 4.78 is 12.1. The first-order chi connectivity index (χ1) is 6.88. The van der Waals surface area contributed by atoms with Crippen LogP contribution in [0.25, 0.3) is 0 Å². The van der Waals surface area contributed by atoms with Crippen molar-refractivity contribution in [2.75, 3.05) is 6.79 Å². The Labute approximate surface area is 83.0 Å². The largest absolute Gasteiger partial charge is 0.313 e. The first-order valence-corrected chi connectivity index (χ1v) is 4.85. The van der Waals surface area contributed by atoms with Crippen molar-refractivity contribution in [3.05, 3.63) is 18.5 Å². The molecule has 5 heteroatoms. The molecular weight excluding hydrogens is 182 g/mol. The maximum atomic E-state index is 5.12. The standard InChI is InChI=1S/C9H15N3O2/c1-2-8(11-9-13-7-14-9)6-12-5-3-4-10-12/h3-5,8-9,11H,2,6-7H2,1H3/t8-/m1/s1. The van der Waals surface area contributed by atoms with Gasteiger partial charge in [0.1, 0.15) is 0 Å². The topological polar surface area (TPSA) is 48.3 Å². The molecule has 0 aromatic carbocycles. The van der Waals surface area contributed by atoms with E-state index in [1.165, 1.54) is 0 Å². The van der Waals surface area contributed by atoms with Crippen LogP contribution in [0.1, 0.15) is 13.3 Å². The number of rotatable bonds is 5. The molecule has 0 radical (unpaired) electrons. The summed E-state index contributed by atoms with van der Waals surface area (Å²) in [4.78, 5) is 0. The Morgan fingerprint density at radius 2 is 2.50 bits per heavy atom. The Kier molecular flexibility index (Phi) is 3.13. The maximum absolute atomic E-state index is 5.12. The number of aromatic nitrogens is 2. The Morgan fingerprint density at radius 3 is 3.00 bits per heavy atom. The number of ether oxygens (including phenoxy) is 2. The van der Waals surface area contributed by atoms with E-state index in [4.69, 9.17) is 9.47 Å². The van der Waals surface area contributed by atoms with Crippen LogP contribution in [0.15, 0.2) is 18.5 Å². The zero-order valence-electron chi connectivity index (χ0n) is 8.22. The van der Waals surface area contributed by atoms with Crippen molar-refractivity contribution in [1.29, 1.82) is 0 Å². The Hall–Kier alpha value is -0.910. The highest BCUT2D eigenvalue weighted by molar-refractivity contribution is 4.79. The highest BCUT2D eigenvalue weighted by Crippen LogP contribution is 2.06. The van der Waals surface area contributed by atoms with Gasteiger partial charge in [-0.2, -0.15) is 5.10 Å². The van der Waals surface area contributed by atoms with E-state index < -0.39 is 0 Å². The van der Waals surface area contributed by atoms with Crippen molar-refractivity contribution in [2.24, 2.45) is 0 Å². The quantitative estimate of drug-likeness (QED) is 0.748. The van der Waals surface area contributed by atoms with Crippen LogP contribution in [0.3, 0.4) is 0 Å². The van der Waals surface area contributed by atoms with Crippen molar-refractivity contribution in [1.82, 2.24) is 15.1 Å². The van der Waals surface area contributed by atoms with Crippen molar-refractivity contribution >= 4 is 0 Å². The average Bonchev–Trinajstić information content (AvgIpc) is 2.61. The molecule has 14 heavy (non-hydrogen) atoms. The van der Waals surface area contributed by atoms with E-state index >= 15 is 0 Å². The normalized spacial score (nSPS) is 19.2. The maximum Gasteiger partial charge on any atom is 0.220 e. The zero-order valence-corrected chi connectivity index (χ0v) is 8.22. The van der Waals surface area contributed by atoms with E-state index in [0.29, 0.717) is 12.8 Å². The summed E-state index contributed by atoms with van der Waals surface area (Å²) in [5.74, 6) is 0. The van der Waals surface area contributed by atoms with Crippen molar-refractivity contribution in [3.63, 3.8) is 0 Å². The first-order valence-electron chi connectivity index (χ1n) is 4.85. The summed E-state index contributed by atoms with van der Waals surface area (Å²) in [6.45, 7) is 3.36. The van der Waals surface area contributed by atoms with Gasteiger partial charge in [-0.05, 0) is 12.5 Å². The predicted molar refractivity (Wildman–Crippen MR) is 50.3 cm³/mol. The van der Waals surface area contributed by atoms with Crippen LogP contribution >= 0.6 is 0 Å². The van der Waals surface area contributed by atoms with Crippen molar-refractivity contribution in [3.8, 4) is 0 Å². The van der Waals surface area contributed by atoms with Crippen LogP contribution in [0, 0.1) is 0 Å².